The van der Waals surface area contributed by atoms with Gasteiger partial charge in [0.25, 0.3) is 0 Å². The second-order valence-corrected chi connectivity index (χ2v) is 5.35. The largest absolute Gasteiger partial charge is 0.488 e. The zero-order valence-corrected chi connectivity index (χ0v) is 12.5. The van der Waals surface area contributed by atoms with Gasteiger partial charge >= 0.3 is 0 Å². The Balaban J connectivity index is 1.75. The molecule has 1 aliphatic rings. The molecule has 0 aromatic carbocycles. The lowest BCUT2D eigenvalue weighted by molar-refractivity contribution is 0.0985. The molecule has 0 spiro atoms. The molecule has 1 aliphatic heterocycles. The van der Waals surface area contributed by atoms with Crippen LogP contribution < -0.4 is 4.74 Å². The van der Waals surface area contributed by atoms with Crippen LogP contribution in [-0.2, 0) is 11.2 Å². The molecule has 5 heteroatoms. The lowest BCUT2D eigenvalue weighted by Gasteiger charge is -2.13. The summed E-state index contributed by atoms with van der Waals surface area (Å²) < 4.78 is 11.2. The second-order valence-electron chi connectivity index (χ2n) is 5.35. The lowest BCUT2D eigenvalue weighted by atomic mass is 10.1. The van der Waals surface area contributed by atoms with Gasteiger partial charge in [-0.3, -0.25) is 9.78 Å². The topological polar surface area (TPSA) is 61.3 Å². The molecule has 3 rings (SSSR count). The maximum Gasteiger partial charge on any atom is 0.187 e. The van der Waals surface area contributed by atoms with E-state index in [1.807, 2.05) is 31.2 Å². The molecule has 0 aliphatic carbocycles. The van der Waals surface area contributed by atoms with Gasteiger partial charge in [0.2, 0.25) is 0 Å². The molecule has 22 heavy (non-hydrogen) atoms. The molecule has 1 atom stereocenters. The molecule has 3 heterocycles. The normalized spacial score (nSPS) is 17.4. The number of ether oxygens (including phenoxy) is 2. The van der Waals surface area contributed by atoms with Crippen LogP contribution in [0.15, 0.2) is 36.5 Å². The fourth-order valence-electron chi connectivity index (χ4n) is 2.40. The predicted molar refractivity (Wildman–Crippen MR) is 81.1 cm³/mol. The van der Waals surface area contributed by atoms with Gasteiger partial charge in [-0.25, -0.2) is 4.98 Å². The summed E-state index contributed by atoms with van der Waals surface area (Å²) in [4.78, 5) is 20.9. The van der Waals surface area contributed by atoms with Crippen LogP contribution in [-0.4, -0.2) is 35.1 Å². The fourth-order valence-corrected chi connectivity index (χ4v) is 2.40. The number of hydrogen-bond donors (Lipinski definition) is 0. The number of hydrogen-bond acceptors (Lipinski definition) is 5. The quantitative estimate of drug-likeness (QED) is 0.793. The van der Waals surface area contributed by atoms with Gasteiger partial charge < -0.3 is 9.47 Å². The summed E-state index contributed by atoms with van der Waals surface area (Å²) in [5.74, 6) is 0.613. The van der Waals surface area contributed by atoms with E-state index in [1.54, 1.807) is 12.3 Å². The number of carbonyl (C=O) groups excluding carboxylic acids is 1. The third kappa shape index (κ3) is 3.68. The van der Waals surface area contributed by atoms with Crippen LogP contribution in [0.4, 0.5) is 0 Å². The molecule has 1 fully saturated rings. The van der Waals surface area contributed by atoms with Crippen molar-refractivity contribution in [2.45, 2.75) is 25.9 Å². The van der Waals surface area contributed by atoms with Crippen LogP contribution >= 0.6 is 0 Å². The zero-order valence-electron chi connectivity index (χ0n) is 12.5. The molecular formula is C17H18N2O3. The highest BCUT2D eigenvalue weighted by atomic mass is 16.5. The third-order valence-corrected chi connectivity index (χ3v) is 3.47. The van der Waals surface area contributed by atoms with E-state index in [-0.39, 0.29) is 18.3 Å². The van der Waals surface area contributed by atoms with Gasteiger partial charge in [-0.15, -0.1) is 0 Å². The molecule has 5 nitrogen and oxygen atoms in total. The van der Waals surface area contributed by atoms with Crippen LogP contribution in [0.5, 0.6) is 5.75 Å². The van der Waals surface area contributed by atoms with E-state index in [4.69, 9.17) is 9.47 Å². The van der Waals surface area contributed by atoms with E-state index in [9.17, 15) is 4.79 Å². The molecule has 2 aromatic heterocycles. The first-order valence-corrected chi connectivity index (χ1v) is 7.37. The van der Waals surface area contributed by atoms with Crippen molar-refractivity contribution in [2.24, 2.45) is 0 Å². The average Bonchev–Trinajstić information content (AvgIpc) is 3.00. The zero-order chi connectivity index (χ0) is 15.4. The minimum atomic E-state index is -0.0603. The van der Waals surface area contributed by atoms with Gasteiger partial charge in [0.1, 0.15) is 17.5 Å². The second kappa shape index (κ2) is 6.66. The van der Waals surface area contributed by atoms with Crippen LogP contribution in [0.2, 0.25) is 0 Å². The number of pyridine rings is 2. The molecule has 0 bridgehead atoms. The van der Waals surface area contributed by atoms with Crippen molar-refractivity contribution < 1.29 is 14.3 Å². The van der Waals surface area contributed by atoms with Crippen molar-refractivity contribution >= 4 is 5.78 Å². The van der Waals surface area contributed by atoms with Crippen molar-refractivity contribution in [3.8, 4) is 5.75 Å². The SMILES string of the molecule is Cc1cc(O[C@@H]2CCOC2)cc(C(=O)Cc2ccccn2)n1. The maximum absolute atomic E-state index is 12.4. The van der Waals surface area contributed by atoms with E-state index in [1.165, 1.54) is 0 Å². The maximum atomic E-state index is 12.4. The average molecular weight is 298 g/mol. The molecule has 1 saturated heterocycles. The Morgan fingerprint density at radius 1 is 1.41 bits per heavy atom. The van der Waals surface area contributed by atoms with Crippen molar-refractivity contribution in [2.75, 3.05) is 13.2 Å². The molecule has 0 N–H and O–H groups in total. The number of nitrogens with zero attached hydrogens (tertiary/aromatic N) is 2. The van der Waals surface area contributed by atoms with Gasteiger partial charge in [0.05, 0.1) is 19.6 Å². The van der Waals surface area contributed by atoms with Crippen molar-refractivity contribution in [3.63, 3.8) is 0 Å². The van der Waals surface area contributed by atoms with Gasteiger partial charge in [-0.1, -0.05) is 6.07 Å². The molecule has 114 valence electrons. The summed E-state index contributed by atoms with van der Waals surface area (Å²) in [6.45, 7) is 3.17. The molecule has 0 unspecified atom stereocenters. The number of aromatic nitrogens is 2. The number of ketones is 1. The first-order chi connectivity index (χ1) is 10.7. The Labute approximate surface area is 129 Å². The highest BCUT2D eigenvalue weighted by Gasteiger charge is 2.18. The minimum absolute atomic E-state index is 0.0561. The number of aryl methyl sites for hydroxylation is 1. The summed E-state index contributed by atoms with van der Waals surface area (Å²) in [6.07, 6.45) is 2.85. The molecule has 2 aromatic rings. The van der Waals surface area contributed by atoms with E-state index in [0.717, 1.165) is 24.4 Å². The number of rotatable bonds is 5. The van der Waals surface area contributed by atoms with Crippen molar-refractivity contribution in [3.05, 3.63) is 53.6 Å². The van der Waals surface area contributed by atoms with Gasteiger partial charge in [0, 0.05) is 36.1 Å². The number of carbonyl (C=O) groups is 1. The van der Waals surface area contributed by atoms with E-state index < -0.39 is 0 Å². The molecule has 0 radical (unpaired) electrons. The Morgan fingerprint density at radius 3 is 3.05 bits per heavy atom. The highest BCUT2D eigenvalue weighted by molar-refractivity contribution is 5.95. The van der Waals surface area contributed by atoms with E-state index >= 15 is 0 Å². The van der Waals surface area contributed by atoms with Crippen LogP contribution in [0.25, 0.3) is 0 Å². The third-order valence-electron chi connectivity index (χ3n) is 3.47. The Morgan fingerprint density at radius 2 is 2.32 bits per heavy atom. The van der Waals surface area contributed by atoms with Crippen LogP contribution in [0, 0.1) is 6.92 Å². The fraction of sp³-hybridized carbons (Fsp3) is 0.353. The van der Waals surface area contributed by atoms with Gasteiger partial charge in [0.15, 0.2) is 5.78 Å². The predicted octanol–water partition coefficient (Wildman–Crippen LogP) is 2.38. The monoisotopic (exact) mass is 298 g/mol. The van der Waals surface area contributed by atoms with Crippen molar-refractivity contribution in [1.29, 1.82) is 0 Å². The summed E-state index contributed by atoms with van der Waals surface area (Å²) in [5.41, 5.74) is 1.92. The summed E-state index contributed by atoms with van der Waals surface area (Å²) in [6, 6.07) is 9.08. The smallest absolute Gasteiger partial charge is 0.187 e. The van der Waals surface area contributed by atoms with Crippen LogP contribution in [0.3, 0.4) is 0 Å². The van der Waals surface area contributed by atoms with Crippen LogP contribution in [0.1, 0.15) is 28.3 Å². The lowest BCUT2D eigenvalue weighted by Crippen LogP contribution is -2.16. The first kappa shape index (κ1) is 14.7. The van der Waals surface area contributed by atoms with E-state index in [0.29, 0.717) is 18.1 Å². The Kier molecular flexibility index (Phi) is 4.44. The summed E-state index contributed by atoms with van der Waals surface area (Å²) in [5, 5.41) is 0. The molecular weight excluding hydrogens is 280 g/mol. The Hall–Kier alpha value is -2.27. The number of Topliss-reactive ketones (excluding diaryl/α,β-unsaturated/α-hetero) is 1. The van der Waals surface area contributed by atoms with E-state index in [2.05, 4.69) is 9.97 Å². The molecule has 0 saturated carbocycles. The standard InChI is InChI=1S/C17H18N2O3/c1-12-8-15(22-14-5-7-21-11-14)10-16(19-12)17(20)9-13-4-2-3-6-18-13/h2-4,6,8,10,14H,5,7,9,11H2,1H3/t14-/m1/s1. The van der Waals surface area contributed by atoms with Gasteiger partial charge in [-0.2, -0.15) is 0 Å². The molecule has 0 amide bonds. The Bertz CT molecular complexity index is 652. The summed E-state index contributed by atoms with van der Waals surface area (Å²) in [7, 11) is 0. The van der Waals surface area contributed by atoms with Gasteiger partial charge in [-0.05, 0) is 19.1 Å². The highest BCUT2D eigenvalue weighted by Crippen LogP contribution is 2.19. The first-order valence-electron chi connectivity index (χ1n) is 7.37. The minimum Gasteiger partial charge on any atom is -0.488 e. The summed E-state index contributed by atoms with van der Waals surface area (Å²) >= 11 is 0. The van der Waals surface area contributed by atoms with Crippen molar-refractivity contribution in [1.82, 2.24) is 9.97 Å².